The number of hydrogen-bond acceptors (Lipinski definition) is 4. The normalized spacial score (nSPS) is 37.8. The Kier molecular flexibility index (Phi) is 2.61. The molecular weight excluding hydrogens is 196 g/mol. The van der Waals surface area contributed by atoms with E-state index in [0.29, 0.717) is 12.8 Å². The number of esters is 1. The number of hydrogen-bond donors (Lipinski definition) is 0. The van der Waals surface area contributed by atoms with Crippen molar-refractivity contribution in [1.29, 1.82) is 0 Å². The summed E-state index contributed by atoms with van der Waals surface area (Å²) in [6.45, 7) is 0.289. The van der Waals surface area contributed by atoms with E-state index in [1.54, 1.807) is 7.11 Å². The number of carbonyl (C=O) groups excluding carboxylic acids is 2. The summed E-state index contributed by atoms with van der Waals surface area (Å²) in [5.41, 5.74) is -0.724. The highest BCUT2D eigenvalue weighted by atomic mass is 16.6. The van der Waals surface area contributed by atoms with Crippen LogP contribution in [-0.4, -0.2) is 32.1 Å². The van der Waals surface area contributed by atoms with Gasteiger partial charge in [0.25, 0.3) is 0 Å². The SMILES string of the molecule is COC[C@@]12C=CC[C@@H](OC1=O)[C@H]2CC=O. The van der Waals surface area contributed by atoms with Crippen LogP contribution in [0.1, 0.15) is 12.8 Å². The lowest BCUT2D eigenvalue weighted by Crippen LogP contribution is -2.39. The molecule has 4 nitrogen and oxygen atoms in total. The summed E-state index contributed by atoms with van der Waals surface area (Å²) < 4.78 is 10.3. The first-order valence-corrected chi connectivity index (χ1v) is 5.06. The van der Waals surface area contributed by atoms with Gasteiger partial charge in [-0.2, -0.15) is 0 Å². The van der Waals surface area contributed by atoms with E-state index in [0.717, 1.165) is 6.29 Å². The van der Waals surface area contributed by atoms with Gasteiger partial charge in [0.05, 0.1) is 6.61 Å². The molecule has 1 aliphatic carbocycles. The highest BCUT2D eigenvalue weighted by Crippen LogP contribution is 2.47. The molecule has 1 fully saturated rings. The maximum Gasteiger partial charge on any atom is 0.319 e. The average Bonchev–Trinajstić information content (AvgIpc) is 2.37. The van der Waals surface area contributed by atoms with E-state index in [4.69, 9.17) is 9.47 Å². The monoisotopic (exact) mass is 210 g/mol. The fraction of sp³-hybridized carbons (Fsp3) is 0.636. The maximum absolute atomic E-state index is 11.8. The van der Waals surface area contributed by atoms with Gasteiger partial charge in [0, 0.05) is 25.9 Å². The molecule has 82 valence electrons. The quantitative estimate of drug-likeness (QED) is 0.389. The third kappa shape index (κ3) is 1.40. The van der Waals surface area contributed by atoms with Crippen molar-refractivity contribution in [3.8, 4) is 0 Å². The van der Waals surface area contributed by atoms with Gasteiger partial charge in [-0.15, -0.1) is 0 Å². The first kappa shape index (κ1) is 10.4. The summed E-state index contributed by atoms with van der Waals surface area (Å²) in [4.78, 5) is 22.4. The first-order chi connectivity index (χ1) is 7.24. The van der Waals surface area contributed by atoms with Crippen molar-refractivity contribution >= 4 is 12.3 Å². The van der Waals surface area contributed by atoms with Crippen LogP contribution in [-0.2, 0) is 19.1 Å². The van der Waals surface area contributed by atoms with Crippen LogP contribution in [0, 0.1) is 11.3 Å². The Morgan fingerprint density at radius 2 is 2.53 bits per heavy atom. The first-order valence-electron chi connectivity index (χ1n) is 5.06. The number of aldehydes is 1. The Labute approximate surface area is 88.2 Å². The Balaban J connectivity index is 2.33. The minimum absolute atomic E-state index is 0.0625. The number of carbonyl (C=O) groups is 2. The van der Waals surface area contributed by atoms with Gasteiger partial charge in [-0.3, -0.25) is 4.79 Å². The van der Waals surface area contributed by atoms with Crippen LogP contribution in [0.3, 0.4) is 0 Å². The number of fused-ring (bicyclic) bond motifs is 2. The van der Waals surface area contributed by atoms with Crippen molar-refractivity contribution in [1.82, 2.24) is 0 Å². The zero-order chi connectivity index (χ0) is 10.9. The van der Waals surface area contributed by atoms with Crippen molar-refractivity contribution in [3.63, 3.8) is 0 Å². The summed E-state index contributed by atoms with van der Waals surface area (Å²) in [5.74, 6) is -0.317. The fourth-order valence-corrected chi connectivity index (χ4v) is 2.55. The highest BCUT2D eigenvalue weighted by molar-refractivity contribution is 5.83. The third-order valence-corrected chi connectivity index (χ3v) is 3.27. The predicted octanol–water partition coefficient (Wildman–Crippen LogP) is 0.710. The number of ether oxygens (including phenoxy) is 2. The van der Waals surface area contributed by atoms with Gasteiger partial charge in [-0.1, -0.05) is 12.2 Å². The number of rotatable bonds is 4. The minimum atomic E-state index is -0.724. The molecule has 1 saturated heterocycles. The van der Waals surface area contributed by atoms with Crippen molar-refractivity contribution < 1.29 is 19.1 Å². The van der Waals surface area contributed by atoms with Gasteiger partial charge in [0.15, 0.2) is 0 Å². The van der Waals surface area contributed by atoms with Crippen LogP contribution < -0.4 is 0 Å². The van der Waals surface area contributed by atoms with Crippen LogP contribution in [0.2, 0.25) is 0 Å². The fourth-order valence-electron chi connectivity index (χ4n) is 2.55. The Morgan fingerprint density at radius 1 is 1.73 bits per heavy atom. The molecule has 15 heavy (non-hydrogen) atoms. The van der Waals surface area contributed by atoms with Crippen molar-refractivity contribution in [2.24, 2.45) is 11.3 Å². The lowest BCUT2D eigenvalue weighted by molar-refractivity contribution is -0.148. The summed E-state index contributed by atoms with van der Waals surface area (Å²) in [6.07, 6.45) is 5.54. The molecular formula is C11H14O4. The van der Waals surface area contributed by atoms with Crippen LogP contribution in [0.25, 0.3) is 0 Å². The van der Waals surface area contributed by atoms with Crippen LogP contribution in [0.5, 0.6) is 0 Å². The summed E-state index contributed by atoms with van der Waals surface area (Å²) in [6, 6.07) is 0. The summed E-state index contributed by atoms with van der Waals surface area (Å²) in [5, 5.41) is 0. The van der Waals surface area contributed by atoms with Crippen molar-refractivity contribution in [2.75, 3.05) is 13.7 Å². The molecule has 4 heteroatoms. The molecule has 1 aliphatic heterocycles. The lowest BCUT2D eigenvalue weighted by Gasteiger charge is -2.30. The molecule has 0 aromatic carbocycles. The van der Waals surface area contributed by atoms with Crippen LogP contribution in [0.15, 0.2) is 12.2 Å². The molecule has 0 aromatic heterocycles. The standard InChI is InChI=1S/C11H14O4/c1-14-7-11-5-2-3-9(15-10(11)13)8(11)4-6-12/h2,5-6,8-9H,3-4,7H2,1H3/t8-,9-,11-/m1/s1. The van der Waals surface area contributed by atoms with E-state index >= 15 is 0 Å². The molecule has 0 unspecified atom stereocenters. The van der Waals surface area contributed by atoms with Gasteiger partial charge < -0.3 is 14.3 Å². The largest absolute Gasteiger partial charge is 0.461 e. The summed E-state index contributed by atoms with van der Waals surface area (Å²) >= 11 is 0. The molecule has 0 radical (unpaired) electrons. The Bertz CT molecular complexity index is 310. The maximum atomic E-state index is 11.8. The predicted molar refractivity (Wildman–Crippen MR) is 52.1 cm³/mol. The van der Waals surface area contributed by atoms with E-state index in [1.807, 2.05) is 12.2 Å². The smallest absolute Gasteiger partial charge is 0.319 e. The average molecular weight is 210 g/mol. The van der Waals surface area contributed by atoms with Gasteiger partial charge in [-0.25, -0.2) is 0 Å². The lowest BCUT2D eigenvalue weighted by atomic mass is 9.70. The molecule has 0 spiro atoms. The molecule has 2 rings (SSSR count). The minimum Gasteiger partial charge on any atom is -0.461 e. The molecule has 3 atom stereocenters. The third-order valence-electron chi connectivity index (χ3n) is 3.27. The van der Waals surface area contributed by atoms with Gasteiger partial charge in [-0.05, 0) is 0 Å². The Morgan fingerprint density at radius 3 is 3.20 bits per heavy atom. The second-order valence-corrected chi connectivity index (χ2v) is 4.06. The molecule has 0 amide bonds. The molecule has 1 heterocycles. The van der Waals surface area contributed by atoms with Crippen LogP contribution >= 0.6 is 0 Å². The molecule has 0 aromatic rings. The van der Waals surface area contributed by atoms with E-state index in [2.05, 4.69) is 0 Å². The topological polar surface area (TPSA) is 52.6 Å². The summed E-state index contributed by atoms with van der Waals surface area (Å²) in [7, 11) is 1.55. The molecule has 2 aliphatic rings. The van der Waals surface area contributed by atoms with Crippen LogP contribution in [0.4, 0.5) is 0 Å². The highest BCUT2D eigenvalue weighted by Gasteiger charge is 2.56. The van der Waals surface area contributed by atoms with Crippen molar-refractivity contribution in [2.45, 2.75) is 18.9 Å². The number of methoxy groups -OCH3 is 1. The molecule has 0 N–H and O–H groups in total. The van der Waals surface area contributed by atoms with E-state index in [9.17, 15) is 9.59 Å². The van der Waals surface area contributed by atoms with E-state index < -0.39 is 5.41 Å². The Hall–Kier alpha value is -1.16. The zero-order valence-electron chi connectivity index (χ0n) is 8.64. The van der Waals surface area contributed by atoms with Gasteiger partial charge in [0.1, 0.15) is 17.8 Å². The van der Waals surface area contributed by atoms with Gasteiger partial charge in [0.2, 0.25) is 0 Å². The molecule has 2 bridgehead atoms. The second kappa shape index (κ2) is 3.77. The second-order valence-electron chi connectivity index (χ2n) is 4.06. The van der Waals surface area contributed by atoms with Gasteiger partial charge >= 0.3 is 5.97 Å². The zero-order valence-corrected chi connectivity index (χ0v) is 8.64. The van der Waals surface area contributed by atoms with E-state index in [-0.39, 0.29) is 24.6 Å². The van der Waals surface area contributed by atoms with E-state index in [1.165, 1.54) is 0 Å². The molecule has 0 saturated carbocycles. The van der Waals surface area contributed by atoms with Crippen molar-refractivity contribution in [3.05, 3.63) is 12.2 Å².